The van der Waals surface area contributed by atoms with Crippen molar-refractivity contribution in [3.8, 4) is 0 Å². The summed E-state index contributed by atoms with van der Waals surface area (Å²) in [6.45, 7) is 0. The minimum Gasteiger partial charge on any atom is -0.356 e. The van der Waals surface area contributed by atoms with Gasteiger partial charge in [0, 0.05) is 0 Å². The molecule has 0 bridgehead atoms. The van der Waals surface area contributed by atoms with Crippen LogP contribution in [0.25, 0.3) is 0 Å². The van der Waals surface area contributed by atoms with Gasteiger partial charge in [-0.3, -0.25) is 0 Å². The maximum Gasteiger partial charge on any atom is 0.171 e. The molecule has 2 aromatic carbocycles. The van der Waals surface area contributed by atoms with Gasteiger partial charge in [-0.2, -0.15) is 0 Å². The predicted octanol–water partition coefficient (Wildman–Crippen LogP) is 4.33. The number of anilines is 1. The average Bonchev–Trinajstić information content (AvgIpc) is 2.51. The van der Waals surface area contributed by atoms with E-state index in [0.29, 0.717) is 0 Å². The summed E-state index contributed by atoms with van der Waals surface area (Å²) in [5.74, 6) is -1.32. The number of halogens is 2. The number of para-hydroxylation sites is 1. The lowest BCUT2D eigenvalue weighted by Gasteiger charge is -2.27. The summed E-state index contributed by atoms with van der Waals surface area (Å²) in [7, 11) is 0. The first kappa shape index (κ1) is 14.9. The van der Waals surface area contributed by atoms with E-state index in [1.807, 2.05) is 12.1 Å². The van der Waals surface area contributed by atoms with E-state index in [9.17, 15) is 8.78 Å². The van der Waals surface area contributed by atoms with Gasteiger partial charge in [0.1, 0.15) is 17.3 Å². The zero-order valence-corrected chi connectivity index (χ0v) is 12.7. The Morgan fingerprint density at radius 1 is 1.05 bits per heavy atom. The number of thiocarbonyl (C=S) groups is 1. The van der Waals surface area contributed by atoms with Gasteiger partial charge in [-0.05, 0) is 54.7 Å². The van der Waals surface area contributed by atoms with Crippen molar-refractivity contribution in [1.29, 1.82) is 0 Å². The van der Waals surface area contributed by atoms with Crippen LogP contribution in [0, 0.1) is 11.6 Å². The minimum absolute atomic E-state index is 0.0692. The third-order valence-corrected chi connectivity index (χ3v) is 4.10. The lowest BCUT2D eigenvalue weighted by Crippen LogP contribution is -2.34. The summed E-state index contributed by atoms with van der Waals surface area (Å²) < 4.78 is 27.3. The van der Waals surface area contributed by atoms with Crippen LogP contribution in [-0.4, -0.2) is 5.11 Å². The molecule has 2 N–H and O–H groups in total. The molecule has 1 atom stereocenters. The van der Waals surface area contributed by atoms with Gasteiger partial charge < -0.3 is 10.6 Å². The van der Waals surface area contributed by atoms with Crippen molar-refractivity contribution >= 4 is 23.0 Å². The maximum absolute atomic E-state index is 13.6. The Hall–Kier alpha value is -2.01. The normalized spacial score (nSPS) is 16.7. The van der Waals surface area contributed by atoms with Crippen molar-refractivity contribution in [2.45, 2.75) is 25.3 Å². The first-order valence-corrected chi connectivity index (χ1v) is 7.65. The lowest BCUT2D eigenvalue weighted by molar-refractivity contribution is 0.528. The summed E-state index contributed by atoms with van der Waals surface area (Å²) in [5.41, 5.74) is 2.28. The van der Waals surface area contributed by atoms with E-state index < -0.39 is 11.6 Å². The highest BCUT2D eigenvalue weighted by Gasteiger charge is 2.20. The SMILES string of the molecule is Fc1cccc(F)c1NC(=S)NC1CCCc2ccccc21. The number of hydrogen-bond acceptors (Lipinski definition) is 1. The van der Waals surface area contributed by atoms with Crippen LogP contribution >= 0.6 is 12.2 Å². The van der Waals surface area contributed by atoms with Gasteiger partial charge in [0.25, 0.3) is 0 Å². The van der Waals surface area contributed by atoms with E-state index in [1.54, 1.807) is 0 Å². The van der Waals surface area contributed by atoms with Crippen molar-refractivity contribution in [2.75, 3.05) is 5.32 Å². The fourth-order valence-electron chi connectivity index (χ4n) is 2.83. The van der Waals surface area contributed by atoms with Gasteiger partial charge in [0.2, 0.25) is 0 Å². The number of rotatable bonds is 2. The number of aryl methyl sites for hydroxylation is 1. The molecule has 0 radical (unpaired) electrons. The maximum atomic E-state index is 13.6. The molecule has 1 unspecified atom stereocenters. The Morgan fingerprint density at radius 3 is 2.55 bits per heavy atom. The Morgan fingerprint density at radius 2 is 1.77 bits per heavy atom. The molecule has 1 aliphatic carbocycles. The molecule has 0 aliphatic heterocycles. The van der Waals surface area contributed by atoms with Crippen LogP contribution in [0.4, 0.5) is 14.5 Å². The summed E-state index contributed by atoms with van der Waals surface area (Å²) in [6.07, 6.45) is 3.06. The summed E-state index contributed by atoms with van der Waals surface area (Å²) in [6, 6.07) is 12.0. The molecule has 0 saturated carbocycles. The van der Waals surface area contributed by atoms with Gasteiger partial charge in [-0.1, -0.05) is 30.3 Å². The second kappa shape index (κ2) is 6.40. The minimum atomic E-state index is -0.659. The third-order valence-electron chi connectivity index (χ3n) is 3.88. The number of benzene rings is 2. The number of hydrogen-bond donors (Lipinski definition) is 2. The zero-order valence-electron chi connectivity index (χ0n) is 11.9. The molecular formula is C17H16F2N2S. The van der Waals surface area contributed by atoms with Gasteiger partial charge >= 0.3 is 0 Å². The molecule has 2 aromatic rings. The molecule has 22 heavy (non-hydrogen) atoms. The first-order valence-electron chi connectivity index (χ1n) is 7.24. The average molecular weight is 318 g/mol. The quantitative estimate of drug-likeness (QED) is 0.806. The predicted molar refractivity (Wildman–Crippen MR) is 87.8 cm³/mol. The number of nitrogens with one attached hydrogen (secondary N) is 2. The molecule has 0 heterocycles. The van der Waals surface area contributed by atoms with Crippen LogP contribution in [0.15, 0.2) is 42.5 Å². The van der Waals surface area contributed by atoms with Crippen molar-refractivity contribution < 1.29 is 8.78 Å². The van der Waals surface area contributed by atoms with Gasteiger partial charge in [-0.25, -0.2) is 8.78 Å². The molecule has 0 aromatic heterocycles. The van der Waals surface area contributed by atoms with Crippen LogP contribution in [0.2, 0.25) is 0 Å². The number of fused-ring (bicyclic) bond motifs is 1. The topological polar surface area (TPSA) is 24.1 Å². The van der Waals surface area contributed by atoms with Crippen LogP contribution in [0.3, 0.4) is 0 Å². The van der Waals surface area contributed by atoms with Gasteiger partial charge in [0.15, 0.2) is 5.11 Å². The van der Waals surface area contributed by atoms with Crippen molar-refractivity contribution in [3.05, 3.63) is 65.2 Å². The van der Waals surface area contributed by atoms with E-state index in [0.717, 1.165) is 19.3 Å². The molecule has 0 amide bonds. The Balaban J connectivity index is 1.73. The Labute approximate surface area is 133 Å². The molecule has 3 rings (SSSR count). The van der Waals surface area contributed by atoms with Gasteiger partial charge in [-0.15, -0.1) is 0 Å². The fourth-order valence-corrected chi connectivity index (χ4v) is 3.07. The summed E-state index contributed by atoms with van der Waals surface area (Å²) >= 11 is 5.21. The van der Waals surface area contributed by atoms with Crippen LogP contribution in [0.5, 0.6) is 0 Å². The molecule has 5 heteroatoms. The van der Waals surface area contributed by atoms with E-state index >= 15 is 0 Å². The van der Waals surface area contributed by atoms with E-state index in [2.05, 4.69) is 22.8 Å². The molecule has 0 fully saturated rings. The first-order chi connectivity index (χ1) is 10.6. The summed E-state index contributed by atoms with van der Waals surface area (Å²) in [5, 5.41) is 6.02. The Kier molecular flexibility index (Phi) is 4.34. The summed E-state index contributed by atoms with van der Waals surface area (Å²) in [4.78, 5) is 0. The van der Waals surface area contributed by atoms with Crippen molar-refractivity contribution in [2.24, 2.45) is 0 Å². The highest BCUT2D eigenvalue weighted by atomic mass is 32.1. The van der Waals surface area contributed by atoms with Crippen LogP contribution in [0.1, 0.15) is 30.0 Å². The molecule has 0 saturated heterocycles. The standard InChI is InChI=1S/C17H16F2N2S/c18-13-8-4-9-14(19)16(13)21-17(22)20-15-10-3-6-11-5-1-2-7-12(11)15/h1-2,4-5,7-9,15H,3,6,10H2,(H2,20,21,22). The van der Waals surface area contributed by atoms with E-state index in [4.69, 9.17) is 12.2 Å². The lowest BCUT2D eigenvalue weighted by atomic mass is 9.88. The molecule has 0 spiro atoms. The molecule has 1 aliphatic rings. The monoisotopic (exact) mass is 318 g/mol. The van der Waals surface area contributed by atoms with E-state index in [-0.39, 0.29) is 16.8 Å². The van der Waals surface area contributed by atoms with Crippen molar-refractivity contribution in [1.82, 2.24) is 5.32 Å². The van der Waals surface area contributed by atoms with Crippen molar-refractivity contribution in [3.63, 3.8) is 0 Å². The second-order valence-electron chi connectivity index (χ2n) is 5.34. The molecule has 2 nitrogen and oxygen atoms in total. The third kappa shape index (κ3) is 3.09. The second-order valence-corrected chi connectivity index (χ2v) is 5.75. The molecular weight excluding hydrogens is 302 g/mol. The molecule has 114 valence electrons. The largest absolute Gasteiger partial charge is 0.356 e. The Bertz CT molecular complexity index is 683. The highest BCUT2D eigenvalue weighted by molar-refractivity contribution is 7.80. The van der Waals surface area contributed by atoms with E-state index in [1.165, 1.54) is 29.3 Å². The van der Waals surface area contributed by atoms with Gasteiger partial charge in [0.05, 0.1) is 6.04 Å². The van der Waals surface area contributed by atoms with Crippen LogP contribution in [-0.2, 0) is 6.42 Å². The van der Waals surface area contributed by atoms with Crippen LogP contribution < -0.4 is 10.6 Å². The highest BCUT2D eigenvalue weighted by Crippen LogP contribution is 2.29. The zero-order chi connectivity index (χ0) is 15.5. The fraction of sp³-hybridized carbons (Fsp3) is 0.235. The smallest absolute Gasteiger partial charge is 0.171 e.